The van der Waals surface area contributed by atoms with Crippen LogP contribution in [0.25, 0.3) is 0 Å². The van der Waals surface area contributed by atoms with Crippen molar-refractivity contribution >= 4 is 80.4 Å². The number of benzene rings is 6. The SMILES string of the molecule is SC1c2ccccc2OC(I)N1Cc1ccc(Oc2ccc(Oc3ccc(Oc4ccc(CN5C(I)Oc6ccccc6C5I)cc4)cc3)cc2)cc1. The summed E-state index contributed by atoms with van der Waals surface area (Å²) in [6.07, 6.45) is 0. The summed E-state index contributed by atoms with van der Waals surface area (Å²) < 4.78 is 30.7. The molecule has 7 nitrogen and oxygen atoms in total. The van der Waals surface area contributed by atoms with Crippen LogP contribution in [0.2, 0.25) is 0 Å². The molecule has 268 valence electrons. The Labute approximate surface area is 355 Å². The number of hydrogen-bond donors (Lipinski definition) is 1. The number of thiol groups is 1. The zero-order valence-electron chi connectivity index (χ0n) is 28.1. The molecule has 2 heterocycles. The number of ether oxygens (including phenoxy) is 5. The lowest BCUT2D eigenvalue weighted by Crippen LogP contribution is -2.39. The van der Waals surface area contributed by atoms with Crippen molar-refractivity contribution < 1.29 is 23.7 Å². The van der Waals surface area contributed by atoms with Crippen LogP contribution in [0.3, 0.4) is 0 Å². The molecule has 0 fully saturated rings. The molecular weight excluding hydrogens is 1030 g/mol. The molecule has 0 saturated carbocycles. The van der Waals surface area contributed by atoms with Crippen LogP contribution in [0.1, 0.15) is 31.7 Å². The third-order valence-corrected chi connectivity index (χ3v) is 12.8. The smallest absolute Gasteiger partial charge is 0.206 e. The highest BCUT2D eigenvalue weighted by Gasteiger charge is 2.33. The Bertz CT molecular complexity index is 2000. The normalized spacial score (nSPS) is 19.6. The van der Waals surface area contributed by atoms with Crippen LogP contribution in [-0.4, -0.2) is 18.3 Å². The van der Waals surface area contributed by atoms with Gasteiger partial charge in [0, 0.05) is 24.2 Å². The molecule has 4 unspecified atom stereocenters. The van der Waals surface area contributed by atoms with Crippen molar-refractivity contribution in [3.63, 3.8) is 0 Å². The van der Waals surface area contributed by atoms with Gasteiger partial charge in [-0.15, -0.1) is 0 Å². The molecule has 6 aromatic rings. The number of hydrogen-bond acceptors (Lipinski definition) is 8. The van der Waals surface area contributed by atoms with Crippen LogP contribution in [0.5, 0.6) is 46.0 Å². The van der Waals surface area contributed by atoms with Crippen molar-refractivity contribution in [1.82, 2.24) is 9.80 Å². The maximum Gasteiger partial charge on any atom is 0.206 e. The van der Waals surface area contributed by atoms with Gasteiger partial charge in [0.05, 0.1) is 9.42 Å². The topological polar surface area (TPSA) is 52.6 Å². The van der Waals surface area contributed by atoms with Crippen molar-refractivity contribution in [3.8, 4) is 46.0 Å². The minimum Gasteiger partial charge on any atom is -0.466 e. The Morgan fingerprint density at radius 1 is 0.453 bits per heavy atom. The van der Waals surface area contributed by atoms with Gasteiger partial charge in [0.1, 0.15) is 46.0 Å². The van der Waals surface area contributed by atoms with Gasteiger partial charge in [-0.1, -0.05) is 83.3 Å². The van der Waals surface area contributed by atoms with E-state index in [0.717, 1.165) is 52.2 Å². The molecule has 53 heavy (non-hydrogen) atoms. The molecule has 6 aromatic carbocycles. The molecule has 0 spiro atoms. The van der Waals surface area contributed by atoms with Crippen molar-refractivity contribution in [2.75, 3.05) is 0 Å². The molecule has 0 bridgehead atoms. The fourth-order valence-corrected chi connectivity index (χ4v) is 9.99. The van der Waals surface area contributed by atoms with E-state index >= 15 is 0 Å². The quantitative estimate of drug-likeness (QED) is 0.0635. The van der Waals surface area contributed by atoms with Crippen molar-refractivity contribution in [1.29, 1.82) is 0 Å². The first kappa shape index (κ1) is 36.7. The van der Waals surface area contributed by atoms with Crippen LogP contribution in [-0.2, 0) is 13.1 Å². The molecule has 4 atom stereocenters. The summed E-state index contributed by atoms with van der Waals surface area (Å²) in [5.74, 6) is 6.25. The van der Waals surface area contributed by atoms with Crippen LogP contribution >= 0.6 is 80.4 Å². The van der Waals surface area contributed by atoms with Gasteiger partial charge in [0.25, 0.3) is 0 Å². The van der Waals surface area contributed by atoms with E-state index in [1.54, 1.807) is 0 Å². The highest BCUT2D eigenvalue weighted by Crippen LogP contribution is 2.44. The Balaban J connectivity index is 0.815. The van der Waals surface area contributed by atoms with E-state index in [0.29, 0.717) is 18.0 Å². The van der Waals surface area contributed by atoms with Crippen LogP contribution in [0, 0.1) is 0 Å². The van der Waals surface area contributed by atoms with Crippen LogP contribution in [0.15, 0.2) is 146 Å². The van der Waals surface area contributed by atoms with Gasteiger partial charge < -0.3 is 23.7 Å². The molecule has 0 amide bonds. The maximum atomic E-state index is 6.16. The molecule has 0 radical (unpaired) electrons. The standard InChI is InChI=1S/C42H33I3N2O5S/c43-39-35-5-1-3-7-37(35)51-41(44)46(39)25-27-9-13-29(14-10-27)48-31-17-21-33(22-18-31)50-34-23-19-32(20-24-34)49-30-15-11-28(12-16-30)26-47-40(53)36-6-2-4-8-38(36)52-42(47)45/h1-24,39-42,53H,25-26H2. The lowest BCUT2D eigenvalue weighted by molar-refractivity contribution is 0.0691. The van der Waals surface area contributed by atoms with E-state index in [-0.39, 0.29) is 17.9 Å². The highest BCUT2D eigenvalue weighted by molar-refractivity contribution is 14.1. The average molecular weight is 1060 g/mol. The number of alkyl halides is 3. The summed E-state index contributed by atoms with van der Waals surface area (Å²) in [4.78, 5) is 4.55. The monoisotopic (exact) mass is 1060 g/mol. The highest BCUT2D eigenvalue weighted by atomic mass is 127. The first-order valence-corrected chi connectivity index (χ1v) is 21.2. The first-order valence-electron chi connectivity index (χ1n) is 16.9. The van der Waals surface area contributed by atoms with E-state index in [1.165, 1.54) is 11.1 Å². The fraction of sp³-hybridized carbons (Fsp3) is 0.143. The van der Waals surface area contributed by atoms with E-state index < -0.39 is 0 Å². The Morgan fingerprint density at radius 3 is 1.25 bits per heavy atom. The Hall–Kier alpha value is -3.22. The zero-order chi connectivity index (χ0) is 36.3. The van der Waals surface area contributed by atoms with E-state index in [1.807, 2.05) is 103 Å². The molecular formula is C42H33I3N2O5S. The Morgan fingerprint density at radius 2 is 0.792 bits per heavy atom. The summed E-state index contributed by atoms with van der Waals surface area (Å²) in [5.41, 5.74) is 4.62. The maximum absolute atomic E-state index is 6.16. The van der Waals surface area contributed by atoms with Gasteiger partial charge in [0.2, 0.25) is 8.47 Å². The third kappa shape index (κ3) is 8.70. The third-order valence-electron chi connectivity index (χ3n) is 8.88. The minimum absolute atomic E-state index is 0.0478. The van der Waals surface area contributed by atoms with Gasteiger partial charge in [-0.05, 0) is 141 Å². The Kier molecular flexibility index (Phi) is 11.5. The number of rotatable bonds is 10. The first-order chi connectivity index (χ1) is 25.9. The predicted molar refractivity (Wildman–Crippen MR) is 235 cm³/mol. The molecule has 8 rings (SSSR count). The van der Waals surface area contributed by atoms with Gasteiger partial charge in [-0.2, -0.15) is 12.6 Å². The fourth-order valence-electron chi connectivity index (χ4n) is 6.12. The van der Waals surface area contributed by atoms with E-state index in [9.17, 15) is 0 Å². The summed E-state index contributed by atoms with van der Waals surface area (Å²) in [7, 11) is 0. The number of fused-ring (bicyclic) bond motifs is 2. The molecule has 0 saturated heterocycles. The zero-order valence-corrected chi connectivity index (χ0v) is 35.5. The van der Waals surface area contributed by atoms with Crippen LogP contribution in [0.4, 0.5) is 0 Å². The van der Waals surface area contributed by atoms with Crippen LogP contribution < -0.4 is 23.7 Å². The van der Waals surface area contributed by atoms with Gasteiger partial charge in [-0.25, -0.2) is 9.80 Å². The second kappa shape index (κ2) is 16.7. The number of nitrogens with zero attached hydrogens (tertiary/aromatic N) is 2. The molecule has 2 aliphatic heterocycles. The molecule has 11 heteroatoms. The van der Waals surface area contributed by atoms with Gasteiger partial charge in [-0.3, -0.25) is 0 Å². The molecule has 0 aromatic heterocycles. The van der Waals surface area contributed by atoms with Gasteiger partial charge in [0.15, 0.2) is 0 Å². The summed E-state index contributed by atoms with van der Waals surface area (Å²) in [6.45, 7) is 1.47. The van der Waals surface area contributed by atoms with E-state index in [4.69, 9.17) is 36.3 Å². The lowest BCUT2D eigenvalue weighted by Gasteiger charge is -2.38. The molecule has 0 aliphatic carbocycles. The number of halogens is 3. The van der Waals surface area contributed by atoms with E-state index in [2.05, 4.69) is 120 Å². The molecule has 0 N–H and O–H groups in total. The minimum atomic E-state index is -0.115. The van der Waals surface area contributed by atoms with Crippen molar-refractivity contribution in [3.05, 3.63) is 168 Å². The average Bonchev–Trinajstić information content (AvgIpc) is 3.18. The van der Waals surface area contributed by atoms with Gasteiger partial charge >= 0.3 is 0 Å². The summed E-state index contributed by atoms with van der Waals surface area (Å²) >= 11 is 12.1. The summed E-state index contributed by atoms with van der Waals surface area (Å²) in [5, 5.41) is -0.0486. The predicted octanol–water partition coefficient (Wildman–Crippen LogP) is 12.7. The summed E-state index contributed by atoms with van der Waals surface area (Å²) in [6, 6.07) is 47.8. The second-order valence-corrected chi connectivity index (χ2v) is 16.3. The lowest BCUT2D eigenvalue weighted by atomic mass is 10.1. The van der Waals surface area contributed by atoms with Crippen molar-refractivity contribution in [2.45, 2.75) is 31.0 Å². The largest absolute Gasteiger partial charge is 0.466 e. The molecule has 2 aliphatic rings. The second-order valence-electron chi connectivity index (χ2n) is 12.5. The van der Waals surface area contributed by atoms with Crippen molar-refractivity contribution in [2.24, 2.45) is 0 Å². The number of para-hydroxylation sites is 2.